The maximum atomic E-state index is 11.3. The molecule has 0 aliphatic carbocycles. The Labute approximate surface area is 118 Å². The number of halogens is 1. The minimum absolute atomic E-state index is 0.734. The van der Waals surface area contributed by atoms with Crippen molar-refractivity contribution in [1.82, 2.24) is 0 Å². The van der Waals surface area contributed by atoms with Crippen molar-refractivity contribution in [3.05, 3.63) is 50.6 Å². The summed E-state index contributed by atoms with van der Waals surface area (Å²) in [4.78, 5) is 12.1. The molecule has 1 atom stereocenters. The summed E-state index contributed by atoms with van der Waals surface area (Å²) in [5, 5.41) is 14.2. The van der Waals surface area contributed by atoms with Crippen molar-refractivity contribution in [1.29, 1.82) is 0 Å². The normalized spacial score (nSPS) is 12.1. The maximum absolute atomic E-state index is 11.3. The summed E-state index contributed by atoms with van der Waals surface area (Å²) in [6, 6.07) is 8.78. The standard InChI is InChI=1S/C13H12BrNO2S/c1-8-2-4-9(5-3-8)15-11(13(16)17)12-10(14)6-7-18-12/h2-7,11,15H,1H3,(H,16,17). The Bertz CT molecular complexity index is 550. The minimum Gasteiger partial charge on any atom is -0.479 e. The van der Waals surface area contributed by atoms with E-state index in [1.54, 1.807) is 0 Å². The molecule has 1 unspecified atom stereocenters. The van der Waals surface area contributed by atoms with E-state index in [-0.39, 0.29) is 0 Å². The van der Waals surface area contributed by atoms with Crippen LogP contribution in [0.1, 0.15) is 16.5 Å². The molecule has 0 saturated heterocycles. The van der Waals surface area contributed by atoms with E-state index < -0.39 is 12.0 Å². The zero-order valence-corrected chi connectivity index (χ0v) is 12.1. The molecule has 0 fully saturated rings. The fraction of sp³-hybridized carbons (Fsp3) is 0.154. The molecule has 1 aromatic carbocycles. The lowest BCUT2D eigenvalue weighted by Gasteiger charge is -2.15. The Morgan fingerprint density at radius 1 is 1.33 bits per heavy atom. The number of carbonyl (C=O) groups is 1. The number of aryl methyl sites for hydroxylation is 1. The highest BCUT2D eigenvalue weighted by Crippen LogP contribution is 2.31. The largest absolute Gasteiger partial charge is 0.479 e. The molecule has 2 aromatic rings. The number of anilines is 1. The van der Waals surface area contributed by atoms with Gasteiger partial charge in [0, 0.05) is 10.2 Å². The molecule has 2 N–H and O–H groups in total. The first kappa shape index (κ1) is 13.1. The third-order valence-corrected chi connectivity index (χ3v) is 4.45. The van der Waals surface area contributed by atoms with Crippen LogP contribution in [0.5, 0.6) is 0 Å². The van der Waals surface area contributed by atoms with Crippen molar-refractivity contribution in [2.24, 2.45) is 0 Å². The molecule has 0 spiro atoms. The van der Waals surface area contributed by atoms with Gasteiger partial charge in [0.25, 0.3) is 0 Å². The van der Waals surface area contributed by atoms with Gasteiger partial charge in [-0.15, -0.1) is 11.3 Å². The van der Waals surface area contributed by atoms with Crippen LogP contribution in [0, 0.1) is 6.92 Å². The average molecular weight is 326 g/mol. The highest BCUT2D eigenvalue weighted by molar-refractivity contribution is 9.10. The Kier molecular flexibility index (Phi) is 4.04. The van der Waals surface area contributed by atoms with Gasteiger partial charge in [-0.05, 0) is 46.4 Å². The van der Waals surface area contributed by atoms with Gasteiger partial charge in [0.15, 0.2) is 6.04 Å². The van der Waals surface area contributed by atoms with E-state index in [0.29, 0.717) is 0 Å². The van der Waals surface area contributed by atoms with Crippen molar-refractivity contribution < 1.29 is 9.90 Å². The third kappa shape index (κ3) is 2.91. The van der Waals surface area contributed by atoms with E-state index >= 15 is 0 Å². The van der Waals surface area contributed by atoms with E-state index in [1.807, 2.05) is 42.6 Å². The van der Waals surface area contributed by atoms with Gasteiger partial charge in [-0.2, -0.15) is 0 Å². The van der Waals surface area contributed by atoms with Gasteiger partial charge in [0.2, 0.25) is 0 Å². The second-order valence-electron chi connectivity index (χ2n) is 3.91. The number of aliphatic carboxylic acids is 1. The monoisotopic (exact) mass is 325 g/mol. The van der Waals surface area contributed by atoms with Crippen molar-refractivity contribution in [3.63, 3.8) is 0 Å². The predicted octanol–water partition coefficient (Wildman–Crippen LogP) is 4.06. The molecule has 18 heavy (non-hydrogen) atoms. The van der Waals surface area contributed by atoms with Gasteiger partial charge < -0.3 is 10.4 Å². The van der Waals surface area contributed by atoms with E-state index in [0.717, 1.165) is 20.6 Å². The summed E-state index contributed by atoms with van der Waals surface area (Å²) in [5.41, 5.74) is 1.94. The lowest BCUT2D eigenvalue weighted by Crippen LogP contribution is -2.19. The molecule has 1 heterocycles. The van der Waals surface area contributed by atoms with Crippen molar-refractivity contribution in [3.8, 4) is 0 Å². The number of benzene rings is 1. The number of hydrogen-bond acceptors (Lipinski definition) is 3. The minimum atomic E-state index is -0.890. The molecule has 1 aromatic heterocycles. The van der Waals surface area contributed by atoms with Gasteiger partial charge in [-0.25, -0.2) is 4.79 Å². The topological polar surface area (TPSA) is 49.3 Å². The Morgan fingerprint density at radius 3 is 2.50 bits per heavy atom. The van der Waals surface area contributed by atoms with Gasteiger partial charge in [-0.3, -0.25) is 0 Å². The van der Waals surface area contributed by atoms with Crippen LogP contribution in [-0.4, -0.2) is 11.1 Å². The van der Waals surface area contributed by atoms with E-state index in [2.05, 4.69) is 21.2 Å². The molecule has 0 aliphatic heterocycles. The van der Waals surface area contributed by atoms with Crippen LogP contribution < -0.4 is 5.32 Å². The lowest BCUT2D eigenvalue weighted by atomic mass is 10.2. The van der Waals surface area contributed by atoms with Crippen LogP contribution in [0.15, 0.2) is 40.2 Å². The quantitative estimate of drug-likeness (QED) is 0.891. The Balaban J connectivity index is 2.25. The lowest BCUT2D eigenvalue weighted by molar-refractivity contribution is -0.138. The van der Waals surface area contributed by atoms with Gasteiger partial charge >= 0.3 is 5.97 Å². The molecule has 2 rings (SSSR count). The molecular weight excluding hydrogens is 314 g/mol. The molecule has 0 aliphatic rings. The third-order valence-electron chi connectivity index (χ3n) is 2.52. The summed E-state index contributed by atoms with van der Waals surface area (Å²) in [6.45, 7) is 1.99. The smallest absolute Gasteiger partial charge is 0.331 e. The number of carboxylic acids is 1. The van der Waals surface area contributed by atoms with Crippen LogP contribution in [0.4, 0.5) is 5.69 Å². The van der Waals surface area contributed by atoms with Crippen LogP contribution >= 0.6 is 27.3 Å². The summed E-state index contributed by atoms with van der Waals surface area (Å²) in [7, 11) is 0. The Hall–Kier alpha value is -1.33. The summed E-state index contributed by atoms with van der Waals surface area (Å²) >= 11 is 4.79. The first-order valence-corrected chi connectivity index (χ1v) is 7.04. The fourth-order valence-electron chi connectivity index (χ4n) is 1.57. The first-order chi connectivity index (χ1) is 8.58. The second-order valence-corrected chi connectivity index (χ2v) is 5.72. The van der Waals surface area contributed by atoms with Crippen molar-refractivity contribution in [2.45, 2.75) is 13.0 Å². The molecule has 5 heteroatoms. The average Bonchev–Trinajstić information content (AvgIpc) is 2.74. The molecule has 0 saturated carbocycles. The van der Waals surface area contributed by atoms with Crippen LogP contribution in [0.3, 0.4) is 0 Å². The van der Waals surface area contributed by atoms with Gasteiger partial charge in [0.05, 0.1) is 4.88 Å². The van der Waals surface area contributed by atoms with Gasteiger partial charge in [-0.1, -0.05) is 17.7 Å². The number of rotatable bonds is 4. The molecule has 3 nitrogen and oxygen atoms in total. The van der Waals surface area contributed by atoms with E-state index in [9.17, 15) is 9.90 Å². The zero-order valence-electron chi connectivity index (χ0n) is 9.68. The number of thiophene rings is 1. The molecular formula is C13H12BrNO2S. The van der Waals surface area contributed by atoms with Crippen LogP contribution in [0.25, 0.3) is 0 Å². The highest BCUT2D eigenvalue weighted by Gasteiger charge is 2.23. The molecule has 94 valence electrons. The first-order valence-electron chi connectivity index (χ1n) is 5.37. The summed E-state index contributed by atoms with van der Waals surface area (Å²) in [6.07, 6.45) is 0. The molecule has 0 amide bonds. The number of hydrogen-bond donors (Lipinski definition) is 2. The van der Waals surface area contributed by atoms with Crippen LogP contribution in [0.2, 0.25) is 0 Å². The van der Waals surface area contributed by atoms with Gasteiger partial charge in [0.1, 0.15) is 0 Å². The predicted molar refractivity (Wildman–Crippen MR) is 77.2 cm³/mol. The van der Waals surface area contributed by atoms with E-state index in [1.165, 1.54) is 11.3 Å². The SMILES string of the molecule is Cc1ccc(NC(C(=O)O)c2sccc2Br)cc1. The van der Waals surface area contributed by atoms with Crippen molar-refractivity contribution >= 4 is 38.9 Å². The highest BCUT2D eigenvalue weighted by atomic mass is 79.9. The van der Waals surface area contributed by atoms with Crippen LogP contribution in [-0.2, 0) is 4.79 Å². The second kappa shape index (κ2) is 5.54. The molecule has 0 bridgehead atoms. The zero-order chi connectivity index (χ0) is 13.1. The number of carboxylic acid groups (broad SMARTS) is 1. The fourth-order valence-corrected chi connectivity index (χ4v) is 3.21. The summed E-state index contributed by atoms with van der Waals surface area (Å²) < 4.78 is 0.819. The van der Waals surface area contributed by atoms with Crippen molar-refractivity contribution in [2.75, 3.05) is 5.32 Å². The summed E-state index contributed by atoms with van der Waals surface area (Å²) in [5.74, 6) is -0.890. The number of nitrogens with one attached hydrogen (secondary N) is 1. The Morgan fingerprint density at radius 2 is 2.00 bits per heavy atom. The molecule has 0 radical (unpaired) electrons. The van der Waals surface area contributed by atoms with E-state index in [4.69, 9.17) is 0 Å². The maximum Gasteiger partial charge on any atom is 0.331 e.